The van der Waals surface area contributed by atoms with Gasteiger partial charge in [-0.2, -0.15) is 0 Å². The van der Waals surface area contributed by atoms with Crippen LogP contribution in [0.1, 0.15) is 95.9 Å². The predicted molar refractivity (Wildman–Crippen MR) is 144 cm³/mol. The van der Waals surface area contributed by atoms with E-state index in [1.54, 1.807) is 0 Å². The van der Waals surface area contributed by atoms with E-state index in [2.05, 4.69) is 38.8 Å². The van der Waals surface area contributed by atoms with E-state index >= 15 is 0 Å². The minimum absolute atomic E-state index is 0. The van der Waals surface area contributed by atoms with Crippen molar-refractivity contribution in [2.75, 3.05) is 6.54 Å². The zero-order chi connectivity index (χ0) is 23.9. The first-order valence-electron chi connectivity index (χ1n) is 12.3. The van der Waals surface area contributed by atoms with Crippen molar-refractivity contribution in [3.8, 4) is 0 Å². The van der Waals surface area contributed by atoms with Crippen LogP contribution in [0.4, 0.5) is 0 Å². The molecule has 0 saturated carbocycles. The summed E-state index contributed by atoms with van der Waals surface area (Å²) in [5, 5.41) is 0.751. The van der Waals surface area contributed by atoms with Crippen molar-refractivity contribution >= 4 is 23.0 Å². The Hall–Kier alpha value is -1.01. The van der Waals surface area contributed by atoms with E-state index in [-0.39, 0.29) is 31.1 Å². The van der Waals surface area contributed by atoms with Crippen molar-refractivity contribution in [1.29, 1.82) is 0 Å². The molecule has 0 saturated heterocycles. The van der Waals surface area contributed by atoms with Crippen LogP contribution in [0, 0.1) is 43.1 Å². The maximum atomic E-state index is 6.19. The van der Waals surface area contributed by atoms with Crippen molar-refractivity contribution in [3.63, 3.8) is 0 Å². The van der Waals surface area contributed by atoms with Crippen LogP contribution in [0.2, 0.25) is 5.02 Å². The Morgan fingerprint density at radius 1 is 1.00 bits per heavy atom. The SMILES string of the molecule is CC.CCCCCCC(C)C.CCc1[c-]c(C2=NCC=C(N)c3ccccc32)ccc1Cl.[U]. The average Bonchev–Trinajstić information content (AvgIpc) is 2.98. The minimum Gasteiger partial charge on any atom is -0.398 e. The Morgan fingerprint density at radius 2 is 1.67 bits per heavy atom. The number of aryl methyl sites for hydroxylation is 1. The van der Waals surface area contributed by atoms with Gasteiger partial charge in [0.05, 0.1) is 0 Å². The number of rotatable bonds is 7. The third-order valence-corrected chi connectivity index (χ3v) is 5.62. The molecular formula is C29H42ClN2U-. The molecule has 180 valence electrons. The van der Waals surface area contributed by atoms with Crippen molar-refractivity contribution in [2.45, 2.75) is 80.1 Å². The number of benzene rings is 2. The van der Waals surface area contributed by atoms with Gasteiger partial charge in [0.25, 0.3) is 0 Å². The van der Waals surface area contributed by atoms with Gasteiger partial charge in [0.1, 0.15) is 0 Å². The zero-order valence-electron chi connectivity index (χ0n) is 21.5. The van der Waals surface area contributed by atoms with Crippen LogP contribution < -0.4 is 5.73 Å². The quantitative estimate of drug-likeness (QED) is 0.230. The molecule has 4 heteroatoms. The molecule has 2 aromatic carbocycles. The summed E-state index contributed by atoms with van der Waals surface area (Å²) >= 11 is 6.19. The first-order valence-corrected chi connectivity index (χ1v) is 12.7. The Labute approximate surface area is 231 Å². The topological polar surface area (TPSA) is 38.4 Å². The Balaban J connectivity index is 0.000000730. The van der Waals surface area contributed by atoms with Crippen molar-refractivity contribution < 1.29 is 31.1 Å². The van der Waals surface area contributed by atoms with Crippen LogP contribution in [0.25, 0.3) is 5.70 Å². The first-order chi connectivity index (χ1) is 15.5. The third-order valence-electron chi connectivity index (χ3n) is 5.27. The normalized spacial score (nSPS) is 12.0. The van der Waals surface area contributed by atoms with Crippen LogP contribution in [0.3, 0.4) is 0 Å². The molecule has 0 radical (unpaired) electrons. The van der Waals surface area contributed by atoms with Crippen LogP contribution in [0.5, 0.6) is 0 Å². The van der Waals surface area contributed by atoms with Crippen LogP contribution >= 0.6 is 11.6 Å². The van der Waals surface area contributed by atoms with E-state index in [4.69, 9.17) is 17.3 Å². The number of nitrogens with two attached hydrogens (primary N) is 1. The first kappa shape index (κ1) is 32.0. The second kappa shape index (κ2) is 18.3. The molecule has 2 N–H and O–H groups in total. The summed E-state index contributed by atoms with van der Waals surface area (Å²) in [5.74, 6) is 0.904. The van der Waals surface area contributed by atoms with Gasteiger partial charge in [0.2, 0.25) is 0 Å². The fourth-order valence-electron chi connectivity index (χ4n) is 3.50. The van der Waals surface area contributed by atoms with Gasteiger partial charge in [0, 0.05) is 43.4 Å². The summed E-state index contributed by atoms with van der Waals surface area (Å²) in [4.78, 5) is 4.68. The number of unbranched alkanes of at least 4 members (excludes halogenated alkanes) is 3. The van der Waals surface area contributed by atoms with E-state index in [0.717, 1.165) is 51.0 Å². The molecule has 0 aromatic heterocycles. The number of aliphatic imine (C=N–C) groups is 1. The van der Waals surface area contributed by atoms with E-state index in [1.807, 2.05) is 56.3 Å². The summed E-state index contributed by atoms with van der Waals surface area (Å²) in [6.45, 7) is 13.5. The molecule has 1 aliphatic rings. The van der Waals surface area contributed by atoms with Gasteiger partial charge >= 0.3 is 0 Å². The molecule has 0 fully saturated rings. The summed E-state index contributed by atoms with van der Waals surface area (Å²) in [6.07, 6.45) is 9.87. The van der Waals surface area contributed by atoms with Crippen molar-refractivity contribution in [2.24, 2.45) is 16.6 Å². The molecule has 0 spiro atoms. The molecule has 0 atom stereocenters. The van der Waals surface area contributed by atoms with E-state index in [1.165, 1.54) is 32.1 Å². The van der Waals surface area contributed by atoms with Crippen LogP contribution in [-0.2, 0) is 6.42 Å². The number of hydrogen-bond acceptors (Lipinski definition) is 2. The molecule has 0 unspecified atom stereocenters. The number of halogens is 1. The van der Waals surface area contributed by atoms with E-state index in [0.29, 0.717) is 6.54 Å². The Morgan fingerprint density at radius 3 is 2.27 bits per heavy atom. The maximum Gasteiger partial charge on any atom is 0.0493 e. The molecular weight excluding hydrogens is 650 g/mol. The number of hydrogen-bond donors (Lipinski definition) is 1. The number of fused-ring (bicyclic) bond motifs is 1. The van der Waals surface area contributed by atoms with Crippen LogP contribution in [-0.4, -0.2) is 12.3 Å². The zero-order valence-corrected chi connectivity index (χ0v) is 26.4. The molecule has 33 heavy (non-hydrogen) atoms. The summed E-state index contributed by atoms with van der Waals surface area (Å²) < 4.78 is 0. The summed E-state index contributed by atoms with van der Waals surface area (Å²) in [5.41, 5.74) is 11.9. The maximum absolute atomic E-state index is 6.19. The smallest absolute Gasteiger partial charge is 0.0493 e. The standard InChI is InChI=1S/C18H16ClN2.C9H20.C2H6.U/c1-2-12-11-13(7-8-16(12)19)18-15-6-4-3-5-14(15)17(20)9-10-21-18;1-4-5-6-7-8-9(2)3;1-2;/h3-9H,2,10,20H2,1H3;9H,4-8H2,1-3H3;1-2H3;/q-1;;;. The number of nitrogens with zero attached hydrogens (tertiary/aromatic N) is 1. The fourth-order valence-corrected chi connectivity index (χ4v) is 3.74. The monoisotopic (exact) mass is 691 g/mol. The predicted octanol–water partition coefficient (Wildman–Crippen LogP) is 8.49. The average molecular weight is 692 g/mol. The molecule has 0 bridgehead atoms. The fraction of sp³-hybridized carbons (Fsp3) is 0.483. The van der Waals surface area contributed by atoms with Gasteiger partial charge in [-0.3, -0.25) is 0 Å². The Kier molecular flexibility index (Phi) is 17.8. The molecule has 2 aromatic rings. The van der Waals surface area contributed by atoms with Gasteiger partial charge in [0.15, 0.2) is 0 Å². The van der Waals surface area contributed by atoms with Gasteiger partial charge in [-0.25, -0.2) is 0 Å². The largest absolute Gasteiger partial charge is 0.398 e. The molecule has 1 heterocycles. The molecule has 0 aliphatic carbocycles. The van der Waals surface area contributed by atoms with Crippen molar-refractivity contribution in [3.05, 3.63) is 75.8 Å². The molecule has 3 rings (SSSR count). The molecule has 2 nitrogen and oxygen atoms in total. The van der Waals surface area contributed by atoms with Gasteiger partial charge in [-0.1, -0.05) is 97.9 Å². The molecule has 0 amide bonds. The molecule has 1 aliphatic heterocycles. The van der Waals surface area contributed by atoms with Gasteiger partial charge in [-0.05, 0) is 40.3 Å². The van der Waals surface area contributed by atoms with E-state index < -0.39 is 0 Å². The Bertz CT molecular complexity index is 872. The van der Waals surface area contributed by atoms with Gasteiger partial charge in [-0.15, -0.1) is 40.9 Å². The van der Waals surface area contributed by atoms with Gasteiger partial charge < -0.3 is 10.7 Å². The summed E-state index contributed by atoms with van der Waals surface area (Å²) in [7, 11) is 0. The van der Waals surface area contributed by atoms with Crippen LogP contribution in [0.15, 0.2) is 47.5 Å². The second-order valence-electron chi connectivity index (χ2n) is 8.19. The van der Waals surface area contributed by atoms with Crippen molar-refractivity contribution in [1.82, 2.24) is 0 Å². The third kappa shape index (κ3) is 10.9. The second-order valence-corrected chi connectivity index (χ2v) is 8.60. The van der Waals surface area contributed by atoms with E-state index in [9.17, 15) is 0 Å². The summed E-state index contributed by atoms with van der Waals surface area (Å²) in [6, 6.07) is 15.3. The minimum atomic E-state index is 0.